The van der Waals surface area contributed by atoms with Crippen LogP contribution in [0.15, 0.2) is 88.3 Å². The standard InChI is InChI=1S/C23H17BrClN3/c1-16-22(18-6-5-7-19(24)14-18)23(26-15-17-10-12-20(25)13-11-17)28(27-16)21-8-3-2-4-9-21/h2-15H,1H3/b26-15+. The highest BCUT2D eigenvalue weighted by molar-refractivity contribution is 9.10. The molecular formula is C23H17BrClN3. The van der Waals surface area contributed by atoms with Gasteiger partial charge in [-0.3, -0.25) is 0 Å². The molecule has 0 saturated carbocycles. The first kappa shape index (κ1) is 18.7. The molecule has 0 N–H and O–H groups in total. The third-order valence-electron chi connectivity index (χ3n) is 4.36. The summed E-state index contributed by atoms with van der Waals surface area (Å²) in [5.74, 6) is 0.789. The molecule has 3 nitrogen and oxygen atoms in total. The molecule has 0 aliphatic carbocycles. The highest BCUT2D eigenvalue weighted by atomic mass is 79.9. The van der Waals surface area contributed by atoms with Crippen LogP contribution in [0.2, 0.25) is 5.02 Å². The summed E-state index contributed by atoms with van der Waals surface area (Å²) in [6.45, 7) is 2.01. The molecule has 0 bridgehead atoms. The summed E-state index contributed by atoms with van der Waals surface area (Å²) in [6, 6.07) is 25.8. The molecule has 0 amide bonds. The minimum atomic E-state index is 0.706. The van der Waals surface area contributed by atoms with Gasteiger partial charge in [-0.1, -0.05) is 70.0 Å². The van der Waals surface area contributed by atoms with Gasteiger partial charge >= 0.3 is 0 Å². The van der Waals surface area contributed by atoms with Crippen molar-refractivity contribution in [2.75, 3.05) is 0 Å². The van der Waals surface area contributed by atoms with Gasteiger partial charge in [0, 0.05) is 21.3 Å². The van der Waals surface area contributed by atoms with Crippen molar-refractivity contribution in [2.24, 2.45) is 4.99 Å². The Balaban J connectivity index is 1.89. The van der Waals surface area contributed by atoms with Gasteiger partial charge in [0.1, 0.15) is 0 Å². The van der Waals surface area contributed by atoms with Gasteiger partial charge in [0.05, 0.1) is 11.4 Å². The summed E-state index contributed by atoms with van der Waals surface area (Å²) in [4.78, 5) is 4.83. The monoisotopic (exact) mass is 449 g/mol. The molecule has 0 aliphatic heterocycles. The fourth-order valence-corrected chi connectivity index (χ4v) is 3.58. The van der Waals surface area contributed by atoms with Crippen LogP contribution in [0.4, 0.5) is 5.82 Å². The summed E-state index contributed by atoms with van der Waals surface area (Å²) in [6.07, 6.45) is 1.84. The Labute approximate surface area is 177 Å². The summed E-state index contributed by atoms with van der Waals surface area (Å²) >= 11 is 9.56. The van der Waals surface area contributed by atoms with E-state index < -0.39 is 0 Å². The van der Waals surface area contributed by atoms with Crippen LogP contribution in [-0.4, -0.2) is 16.0 Å². The summed E-state index contributed by atoms with van der Waals surface area (Å²) in [5, 5.41) is 5.49. The van der Waals surface area contributed by atoms with Crippen molar-refractivity contribution in [3.63, 3.8) is 0 Å². The predicted octanol–water partition coefficient (Wildman–Crippen LogP) is 7.01. The highest BCUT2D eigenvalue weighted by Crippen LogP contribution is 2.36. The van der Waals surface area contributed by atoms with Gasteiger partial charge in [-0.2, -0.15) is 5.10 Å². The number of aliphatic imine (C=N–C) groups is 1. The zero-order chi connectivity index (χ0) is 19.5. The highest BCUT2D eigenvalue weighted by Gasteiger charge is 2.17. The van der Waals surface area contributed by atoms with Crippen molar-refractivity contribution in [3.8, 4) is 16.8 Å². The molecule has 0 spiro atoms. The minimum absolute atomic E-state index is 0.706. The van der Waals surface area contributed by atoms with Crippen molar-refractivity contribution in [1.82, 2.24) is 9.78 Å². The molecule has 0 fully saturated rings. The van der Waals surface area contributed by atoms with E-state index in [1.807, 2.05) is 84.6 Å². The van der Waals surface area contributed by atoms with E-state index >= 15 is 0 Å². The lowest BCUT2D eigenvalue weighted by Crippen LogP contribution is -1.96. The van der Waals surface area contributed by atoms with E-state index in [4.69, 9.17) is 21.7 Å². The summed E-state index contributed by atoms with van der Waals surface area (Å²) in [5.41, 5.74) is 4.94. The third kappa shape index (κ3) is 3.93. The number of aryl methyl sites for hydroxylation is 1. The van der Waals surface area contributed by atoms with E-state index in [9.17, 15) is 0 Å². The number of halogens is 2. The topological polar surface area (TPSA) is 30.2 Å². The third-order valence-corrected chi connectivity index (χ3v) is 5.10. The van der Waals surface area contributed by atoms with Gasteiger partial charge < -0.3 is 0 Å². The Hall–Kier alpha value is -2.69. The Morgan fingerprint density at radius 2 is 1.71 bits per heavy atom. The van der Waals surface area contributed by atoms with Gasteiger partial charge in [-0.15, -0.1) is 0 Å². The number of hydrogen-bond acceptors (Lipinski definition) is 2. The maximum absolute atomic E-state index is 5.99. The number of nitrogens with zero attached hydrogens (tertiary/aromatic N) is 3. The Morgan fingerprint density at radius 1 is 0.964 bits per heavy atom. The second-order valence-electron chi connectivity index (χ2n) is 6.35. The first-order valence-corrected chi connectivity index (χ1v) is 9.99. The normalized spacial score (nSPS) is 11.2. The van der Waals surface area contributed by atoms with E-state index in [-0.39, 0.29) is 0 Å². The Bertz CT molecular complexity index is 1130. The van der Waals surface area contributed by atoms with Crippen LogP contribution in [0.5, 0.6) is 0 Å². The number of para-hydroxylation sites is 1. The fourth-order valence-electron chi connectivity index (χ4n) is 3.05. The molecule has 5 heteroatoms. The van der Waals surface area contributed by atoms with E-state index in [1.165, 1.54) is 0 Å². The van der Waals surface area contributed by atoms with E-state index in [2.05, 4.69) is 28.1 Å². The molecule has 0 radical (unpaired) electrons. The van der Waals surface area contributed by atoms with Crippen LogP contribution in [0.25, 0.3) is 16.8 Å². The smallest absolute Gasteiger partial charge is 0.163 e. The Morgan fingerprint density at radius 3 is 2.43 bits per heavy atom. The number of rotatable bonds is 4. The fraction of sp³-hybridized carbons (Fsp3) is 0.0435. The molecular weight excluding hydrogens is 434 g/mol. The van der Waals surface area contributed by atoms with Gasteiger partial charge in [-0.05, 0) is 54.4 Å². The van der Waals surface area contributed by atoms with Crippen molar-refractivity contribution in [2.45, 2.75) is 6.92 Å². The average molecular weight is 451 g/mol. The molecule has 3 aromatic carbocycles. The van der Waals surface area contributed by atoms with Gasteiger partial charge in [0.15, 0.2) is 5.82 Å². The lowest BCUT2D eigenvalue weighted by atomic mass is 10.1. The van der Waals surface area contributed by atoms with Crippen LogP contribution in [0.1, 0.15) is 11.3 Å². The average Bonchev–Trinajstić information content (AvgIpc) is 3.04. The quantitative estimate of drug-likeness (QED) is 0.307. The minimum Gasteiger partial charge on any atom is -0.236 e. The van der Waals surface area contributed by atoms with Gasteiger partial charge in [0.2, 0.25) is 0 Å². The zero-order valence-corrected chi connectivity index (χ0v) is 17.5. The SMILES string of the molecule is Cc1nn(-c2ccccc2)c(/N=C/c2ccc(Cl)cc2)c1-c1cccc(Br)c1. The van der Waals surface area contributed by atoms with Crippen LogP contribution < -0.4 is 0 Å². The van der Waals surface area contributed by atoms with E-state index in [0.717, 1.165) is 38.4 Å². The van der Waals surface area contributed by atoms with E-state index in [0.29, 0.717) is 5.02 Å². The molecule has 0 unspecified atom stereocenters. The van der Waals surface area contributed by atoms with Crippen LogP contribution in [0.3, 0.4) is 0 Å². The van der Waals surface area contributed by atoms with Crippen LogP contribution in [0, 0.1) is 6.92 Å². The van der Waals surface area contributed by atoms with Crippen molar-refractivity contribution in [3.05, 3.63) is 99.6 Å². The van der Waals surface area contributed by atoms with Crippen LogP contribution >= 0.6 is 27.5 Å². The maximum Gasteiger partial charge on any atom is 0.163 e. The van der Waals surface area contributed by atoms with Crippen molar-refractivity contribution in [1.29, 1.82) is 0 Å². The first-order chi connectivity index (χ1) is 13.6. The number of hydrogen-bond donors (Lipinski definition) is 0. The first-order valence-electron chi connectivity index (χ1n) is 8.82. The van der Waals surface area contributed by atoms with Gasteiger partial charge in [-0.25, -0.2) is 9.67 Å². The molecule has 4 aromatic rings. The molecule has 1 heterocycles. The molecule has 28 heavy (non-hydrogen) atoms. The molecule has 0 aliphatic rings. The lowest BCUT2D eigenvalue weighted by molar-refractivity contribution is 0.863. The molecule has 1 aromatic heterocycles. The zero-order valence-electron chi connectivity index (χ0n) is 15.2. The van der Waals surface area contributed by atoms with Crippen molar-refractivity contribution < 1.29 is 0 Å². The number of aromatic nitrogens is 2. The number of benzene rings is 3. The van der Waals surface area contributed by atoms with Crippen molar-refractivity contribution >= 4 is 39.6 Å². The van der Waals surface area contributed by atoms with Crippen LogP contribution in [-0.2, 0) is 0 Å². The summed E-state index contributed by atoms with van der Waals surface area (Å²) in [7, 11) is 0. The largest absolute Gasteiger partial charge is 0.236 e. The van der Waals surface area contributed by atoms with Gasteiger partial charge in [0.25, 0.3) is 0 Å². The maximum atomic E-state index is 5.99. The van der Waals surface area contributed by atoms with E-state index in [1.54, 1.807) is 0 Å². The predicted molar refractivity (Wildman–Crippen MR) is 120 cm³/mol. The molecule has 4 rings (SSSR count). The molecule has 138 valence electrons. The second-order valence-corrected chi connectivity index (χ2v) is 7.70. The summed E-state index contributed by atoms with van der Waals surface area (Å²) < 4.78 is 2.90. The second kappa shape index (κ2) is 8.13. The Kier molecular flexibility index (Phi) is 5.42. The lowest BCUT2D eigenvalue weighted by Gasteiger charge is -2.06. The molecule has 0 atom stereocenters. The molecule has 0 saturated heterocycles.